The van der Waals surface area contributed by atoms with Crippen molar-refractivity contribution in [3.63, 3.8) is 0 Å². The molecule has 7 nitrogen and oxygen atoms in total. The Bertz CT molecular complexity index is 958. The van der Waals surface area contributed by atoms with Gasteiger partial charge in [-0.15, -0.1) is 0 Å². The highest BCUT2D eigenvalue weighted by Crippen LogP contribution is 2.25. The third-order valence-corrected chi connectivity index (χ3v) is 4.82. The third-order valence-electron chi connectivity index (χ3n) is 4.82. The van der Waals surface area contributed by atoms with Crippen molar-refractivity contribution in [3.8, 4) is 5.88 Å². The largest absolute Gasteiger partial charge is 0.474 e. The summed E-state index contributed by atoms with van der Waals surface area (Å²) in [6.07, 6.45) is 9.78. The Balaban J connectivity index is 1.39. The van der Waals surface area contributed by atoms with Crippen LogP contribution in [0, 0.1) is 0 Å². The van der Waals surface area contributed by atoms with Gasteiger partial charge in [-0.2, -0.15) is 0 Å². The average molecular weight is 389 g/mol. The number of nitrogens with one attached hydrogen (secondary N) is 2. The van der Waals surface area contributed by atoms with Gasteiger partial charge < -0.3 is 15.4 Å². The number of hydrogen-bond acceptors (Lipinski definition) is 6. The fraction of sp³-hybridized carbons (Fsp3) is 0.273. The van der Waals surface area contributed by atoms with Gasteiger partial charge >= 0.3 is 0 Å². The molecule has 1 fully saturated rings. The van der Waals surface area contributed by atoms with Gasteiger partial charge in [-0.1, -0.05) is 12.1 Å². The first kappa shape index (κ1) is 18.9. The Hall–Kier alpha value is -3.48. The number of benzene rings is 1. The first-order valence-electron chi connectivity index (χ1n) is 9.81. The minimum atomic E-state index is -0.168. The van der Waals surface area contributed by atoms with Gasteiger partial charge in [0.2, 0.25) is 11.8 Å². The van der Waals surface area contributed by atoms with Crippen LogP contribution < -0.4 is 15.4 Å². The summed E-state index contributed by atoms with van der Waals surface area (Å²) >= 11 is 0. The Kier molecular flexibility index (Phi) is 5.95. The number of aromatic nitrogens is 3. The highest BCUT2D eigenvalue weighted by Gasteiger charge is 2.18. The number of hydrogen-bond donors (Lipinski definition) is 2. The maximum atomic E-state index is 12.6. The minimum absolute atomic E-state index is 0.168. The Morgan fingerprint density at radius 3 is 2.62 bits per heavy atom. The SMILES string of the molecule is O=C(NCc1cccnc1OC1CCCC1)c1cccc(Nc2ncccn2)c1. The Morgan fingerprint density at radius 1 is 1.00 bits per heavy atom. The number of pyridine rings is 1. The number of amides is 1. The molecule has 29 heavy (non-hydrogen) atoms. The summed E-state index contributed by atoms with van der Waals surface area (Å²) < 4.78 is 6.04. The van der Waals surface area contributed by atoms with Crippen LogP contribution in [0.5, 0.6) is 5.88 Å². The standard InChI is InChI=1S/C22H23N5O2/c28-20(16-6-3-8-18(14-16)27-22-24-12-5-13-25-22)26-15-17-7-4-11-23-21(17)29-19-9-1-2-10-19/h3-8,11-14,19H,1-2,9-10,15H2,(H,26,28)(H,24,25,27). The van der Waals surface area contributed by atoms with Crippen molar-refractivity contribution in [2.75, 3.05) is 5.32 Å². The van der Waals surface area contributed by atoms with E-state index in [1.165, 1.54) is 12.8 Å². The number of carbonyl (C=O) groups excluding carboxylic acids is 1. The highest BCUT2D eigenvalue weighted by atomic mass is 16.5. The summed E-state index contributed by atoms with van der Waals surface area (Å²) in [6, 6.07) is 12.8. The molecule has 0 saturated heterocycles. The molecular formula is C22H23N5O2. The van der Waals surface area contributed by atoms with Crippen molar-refractivity contribution in [3.05, 3.63) is 72.2 Å². The molecule has 1 aliphatic carbocycles. The van der Waals surface area contributed by atoms with Crippen molar-refractivity contribution in [2.45, 2.75) is 38.3 Å². The van der Waals surface area contributed by atoms with Gasteiger partial charge in [0.1, 0.15) is 6.10 Å². The van der Waals surface area contributed by atoms with Gasteiger partial charge in [0.25, 0.3) is 5.91 Å². The van der Waals surface area contributed by atoms with E-state index in [1.807, 2.05) is 24.3 Å². The van der Waals surface area contributed by atoms with Gasteiger partial charge in [-0.3, -0.25) is 4.79 Å². The van der Waals surface area contributed by atoms with Crippen LogP contribution in [0.4, 0.5) is 11.6 Å². The topological polar surface area (TPSA) is 89.0 Å². The number of anilines is 2. The fourth-order valence-electron chi connectivity index (χ4n) is 3.34. The van der Waals surface area contributed by atoms with Crippen LogP contribution in [0.3, 0.4) is 0 Å². The summed E-state index contributed by atoms with van der Waals surface area (Å²) in [7, 11) is 0. The maximum Gasteiger partial charge on any atom is 0.251 e. The molecule has 0 unspecified atom stereocenters. The van der Waals surface area contributed by atoms with E-state index in [4.69, 9.17) is 4.74 Å². The van der Waals surface area contributed by atoms with Crippen LogP contribution in [0.1, 0.15) is 41.6 Å². The van der Waals surface area contributed by atoms with Crippen molar-refractivity contribution in [1.82, 2.24) is 20.3 Å². The van der Waals surface area contributed by atoms with E-state index in [9.17, 15) is 4.79 Å². The molecule has 0 spiro atoms. The highest BCUT2D eigenvalue weighted by molar-refractivity contribution is 5.95. The number of carbonyl (C=O) groups is 1. The lowest BCUT2D eigenvalue weighted by molar-refractivity contribution is 0.0950. The third kappa shape index (κ3) is 5.07. The monoisotopic (exact) mass is 389 g/mol. The van der Waals surface area contributed by atoms with E-state index in [0.29, 0.717) is 23.9 Å². The van der Waals surface area contributed by atoms with Crippen molar-refractivity contribution < 1.29 is 9.53 Å². The minimum Gasteiger partial charge on any atom is -0.474 e. The summed E-state index contributed by atoms with van der Waals surface area (Å²) in [5.74, 6) is 0.920. The van der Waals surface area contributed by atoms with Gasteiger partial charge in [0.15, 0.2) is 0 Å². The molecule has 2 heterocycles. The zero-order valence-electron chi connectivity index (χ0n) is 16.0. The second-order valence-corrected chi connectivity index (χ2v) is 6.95. The van der Waals surface area contributed by atoms with E-state index in [0.717, 1.165) is 24.1 Å². The first-order valence-corrected chi connectivity index (χ1v) is 9.81. The lowest BCUT2D eigenvalue weighted by Gasteiger charge is -2.15. The average Bonchev–Trinajstić information content (AvgIpc) is 3.27. The zero-order valence-corrected chi connectivity index (χ0v) is 16.0. The second-order valence-electron chi connectivity index (χ2n) is 6.95. The molecule has 7 heteroatoms. The van der Waals surface area contributed by atoms with Crippen molar-refractivity contribution >= 4 is 17.5 Å². The summed E-state index contributed by atoms with van der Waals surface area (Å²) in [4.78, 5) is 25.3. The zero-order chi connectivity index (χ0) is 19.9. The van der Waals surface area contributed by atoms with Gasteiger partial charge in [0, 0.05) is 41.9 Å². The van der Waals surface area contributed by atoms with Crippen LogP contribution in [0.25, 0.3) is 0 Å². The van der Waals surface area contributed by atoms with Crippen molar-refractivity contribution in [1.29, 1.82) is 0 Å². The maximum absolute atomic E-state index is 12.6. The van der Waals surface area contributed by atoms with Gasteiger partial charge in [-0.25, -0.2) is 15.0 Å². The molecule has 0 aliphatic heterocycles. The number of rotatable bonds is 7. The number of ether oxygens (including phenoxy) is 1. The molecule has 2 aromatic heterocycles. The molecule has 4 rings (SSSR count). The second kappa shape index (κ2) is 9.14. The summed E-state index contributed by atoms with van der Waals surface area (Å²) in [6.45, 7) is 0.355. The lowest BCUT2D eigenvalue weighted by atomic mass is 10.2. The van der Waals surface area contributed by atoms with E-state index in [1.54, 1.807) is 36.8 Å². The van der Waals surface area contributed by atoms with Gasteiger partial charge in [0.05, 0.1) is 0 Å². The lowest BCUT2D eigenvalue weighted by Crippen LogP contribution is -2.24. The van der Waals surface area contributed by atoms with Crippen LogP contribution in [0.2, 0.25) is 0 Å². The fourth-order valence-corrected chi connectivity index (χ4v) is 3.34. The van der Waals surface area contributed by atoms with E-state index >= 15 is 0 Å². The molecule has 148 valence electrons. The molecular weight excluding hydrogens is 366 g/mol. The first-order chi connectivity index (χ1) is 14.3. The number of nitrogens with zero attached hydrogens (tertiary/aromatic N) is 3. The Labute approximate surface area is 169 Å². The molecule has 1 saturated carbocycles. The van der Waals surface area contributed by atoms with Crippen molar-refractivity contribution in [2.24, 2.45) is 0 Å². The molecule has 0 radical (unpaired) electrons. The van der Waals surface area contributed by atoms with Crippen LogP contribution in [-0.4, -0.2) is 27.0 Å². The normalized spacial score (nSPS) is 13.8. The predicted molar refractivity (Wildman–Crippen MR) is 110 cm³/mol. The molecule has 3 aromatic rings. The molecule has 2 N–H and O–H groups in total. The van der Waals surface area contributed by atoms with E-state index in [-0.39, 0.29) is 12.0 Å². The van der Waals surface area contributed by atoms with Crippen LogP contribution in [0.15, 0.2) is 61.1 Å². The Morgan fingerprint density at radius 2 is 1.79 bits per heavy atom. The summed E-state index contributed by atoms with van der Waals surface area (Å²) in [5.41, 5.74) is 2.17. The molecule has 0 bridgehead atoms. The molecule has 1 aliphatic rings. The van der Waals surface area contributed by atoms with Crippen LogP contribution >= 0.6 is 0 Å². The van der Waals surface area contributed by atoms with Crippen LogP contribution in [-0.2, 0) is 6.54 Å². The van der Waals surface area contributed by atoms with E-state index in [2.05, 4.69) is 25.6 Å². The summed E-state index contributed by atoms with van der Waals surface area (Å²) in [5, 5.41) is 6.04. The molecule has 1 amide bonds. The molecule has 1 aromatic carbocycles. The molecule has 0 atom stereocenters. The van der Waals surface area contributed by atoms with E-state index < -0.39 is 0 Å². The predicted octanol–water partition coefficient (Wildman–Crippen LogP) is 3.87. The van der Waals surface area contributed by atoms with Gasteiger partial charge in [-0.05, 0) is 56.0 Å². The quantitative estimate of drug-likeness (QED) is 0.638. The smallest absolute Gasteiger partial charge is 0.251 e.